The largest absolute Gasteiger partial charge is 0.550 e. The number of aliphatic carboxylic acids is 1. The summed E-state index contributed by atoms with van der Waals surface area (Å²) in [6.45, 7) is 3.89. The number of halogens is 2. The van der Waals surface area contributed by atoms with Gasteiger partial charge in [-0.15, -0.1) is 0 Å². The second-order valence-electron chi connectivity index (χ2n) is 5.26. The van der Waals surface area contributed by atoms with Gasteiger partial charge in [0.1, 0.15) is 11.6 Å². The summed E-state index contributed by atoms with van der Waals surface area (Å²) in [5, 5.41) is 10.8. The molecule has 108 valence electrons. The van der Waals surface area contributed by atoms with Crippen molar-refractivity contribution < 1.29 is 23.5 Å². The Morgan fingerprint density at radius 2 is 1.95 bits per heavy atom. The Bertz CT molecular complexity index is 572. The maximum atomic E-state index is 13.9. The SMILES string of the molecule is CC(C)CN1C(=O)c2c(F)ccc(F)c2C1CC(=O)[O-]. The molecule has 1 amide bonds. The molecule has 0 aromatic heterocycles. The third kappa shape index (κ3) is 2.37. The molecular formula is C14H14F2NO3-. The highest BCUT2D eigenvalue weighted by molar-refractivity contribution is 6.00. The van der Waals surface area contributed by atoms with E-state index in [9.17, 15) is 23.5 Å². The maximum absolute atomic E-state index is 13.9. The number of carboxylic acid groups (broad SMARTS) is 1. The van der Waals surface area contributed by atoms with Crippen LogP contribution >= 0.6 is 0 Å². The first-order chi connectivity index (χ1) is 9.32. The third-order valence-corrected chi connectivity index (χ3v) is 3.25. The van der Waals surface area contributed by atoms with Crippen LogP contribution in [0, 0.1) is 17.6 Å². The monoisotopic (exact) mass is 282 g/mol. The van der Waals surface area contributed by atoms with Gasteiger partial charge in [-0.25, -0.2) is 8.78 Å². The van der Waals surface area contributed by atoms with E-state index in [0.717, 1.165) is 12.1 Å². The summed E-state index contributed by atoms with van der Waals surface area (Å²) in [4.78, 5) is 24.2. The van der Waals surface area contributed by atoms with Crippen LogP contribution in [0.1, 0.15) is 42.2 Å². The molecule has 0 radical (unpaired) electrons. The van der Waals surface area contributed by atoms with Gasteiger partial charge < -0.3 is 14.8 Å². The van der Waals surface area contributed by atoms with Gasteiger partial charge in [-0.1, -0.05) is 13.8 Å². The van der Waals surface area contributed by atoms with Crippen LogP contribution < -0.4 is 5.11 Å². The van der Waals surface area contributed by atoms with Gasteiger partial charge in [0.25, 0.3) is 5.91 Å². The predicted molar refractivity (Wildman–Crippen MR) is 64.6 cm³/mol. The minimum absolute atomic E-state index is 0.0450. The van der Waals surface area contributed by atoms with Crippen molar-refractivity contribution in [3.05, 3.63) is 34.9 Å². The van der Waals surface area contributed by atoms with Crippen LogP contribution in [-0.2, 0) is 4.79 Å². The van der Waals surface area contributed by atoms with E-state index < -0.39 is 36.0 Å². The molecule has 1 aromatic carbocycles. The third-order valence-electron chi connectivity index (χ3n) is 3.25. The Morgan fingerprint density at radius 3 is 2.50 bits per heavy atom. The van der Waals surface area contributed by atoms with E-state index in [1.165, 1.54) is 4.90 Å². The summed E-state index contributed by atoms with van der Waals surface area (Å²) in [7, 11) is 0. The zero-order valence-electron chi connectivity index (χ0n) is 11.2. The van der Waals surface area contributed by atoms with Crippen molar-refractivity contribution in [2.24, 2.45) is 5.92 Å². The Hall–Kier alpha value is -1.98. The minimum Gasteiger partial charge on any atom is -0.550 e. The average molecular weight is 282 g/mol. The van der Waals surface area contributed by atoms with Crippen LogP contribution in [0.15, 0.2) is 12.1 Å². The Balaban J connectivity index is 2.53. The Labute approximate surface area is 115 Å². The first-order valence-corrected chi connectivity index (χ1v) is 6.31. The van der Waals surface area contributed by atoms with Crippen molar-refractivity contribution in [3.8, 4) is 0 Å². The number of carbonyl (C=O) groups excluding carboxylic acids is 2. The number of hydrogen-bond acceptors (Lipinski definition) is 3. The molecular weight excluding hydrogens is 268 g/mol. The number of benzene rings is 1. The van der Waals surface area contributed by atoms with Gasteiger partial charge >= 0.3 is 0 Å². The first kappa shape index (κ1) is 14.4. The number of amides is 1. The van der Waals surface area contributed by atoms with Gasteiger partial charge in [0.15, 0.2) is 0 Å². The van der Waals surface area contributed by atoms with Crippen molar-refractivity contribution in [2.75, 3.05) is 6.54 Å². The zero-order chi connectivity index (χ0) is 15.0. The van der Waals surface area contributed by atoms with Crippen LogP contribution in [0.2, 0.25) is 0 Å². The van der Waals surface area contributed by atoms with Gasteiger partial charge in [0, 0.05) is 24.5 Å². The molecule has 0 N–H and O–H groups in total. The second-order valence-corrected chi connectivity index (χ2v) is 5.26. The summed E-state index contributed by atoms with van der Waals surface area (Å²) < 4.78 is 27.7. The molecule has 1 aliphatic heterocycles. The molecule has 4 nitrogen and oxygen atoms in total. The topological polar surface area (TPSA) is 60.4 Å². The van der Waals surface area contributed by atoms with Crippen LogP contribution in [0.5, 0.6) is 0 Å². The van der Waals surface area contributed by atoms with Crippen molar-refractivity contribution in [1.29, 1.82) is 0 Å². The van der Waals surface area contributed by atoms with Crippen LogP contribution in [0.4, 0.5) is 8.78 Å². The van der Waals surface area contributed by atoms with Gasteiger partial charge in [0.05, 0.1) is 11.6 Å². The van der Waals surface area contributed by atoms with Crippen LogP contribution in [0.3, 0.4) is 0 Å². The van der Waals surface area contributed by atoms with Gasteiger partial charge in [-0.3, -0.25) is 4.79 Å². The molecule has 0 fully saturated rings. The normalized spacial score (nSPS) is 17.8. The average Bonchev–Trinajstić information content (AvgIpc) is 2.59. The van der Waals surface area contributed by atoms with Crippen molar-refractivity contribution in [2.45, 2.75) is 26.3 Å². The first-order valence-electron chi connectivity index (χ1n) is 6.31. The highest BCUT2D eigenvalue weighted by atomic mass is 19.1. The molecule has 1 aromatic rings. The number of rotatable bonds is 4. The Morgan fingerprint density at radius 1 is 1.35 bits per heavy atom. The second kappa shape index (κ2) is 5.19. The van der Waals surface area contributed by atoms with Crippen LogP contribution in [-0.4, -0.2) is 23.3 Å². The lowest BCUT2D eigenvalue weighted by molar-refractivity contribution is -0.306. The number of hydrogen-bond donors (Lipinski definition) is 0. The maximum Gasteiger partial charge on any atom is 0.257 e. The highest BCUT2D eigenvalue weighted by Gasteiger charge is 2.41. The molecule has 0 bridgehead atoms. The quantitative estimate of drug-likeness (QED) is 0.835. The molecule has 1 aliphatic rings. The molecule has 20 heavy (non-hydrogen) atoms. The Kier molecular flexibility index (Phi) is 3.74. The fraction of sp³-hybridized carbons (Fsp3) is 0.429. The molecule has 0 spiro atoms. The van der Waals surface area contributed by atoms with E-state index in [1.54, 1.807) is 0 Å². The zero-order valence-corrected chi connectivity index (χ0v) is 11.2. The summed E-state index contributed by atoms with van der Waals surface area (Å²) in [5.74, 6) is -3.64. The van der Waals surface area contributed by atoms with Gasteiger partial charge in [-0.05, 0) is 18.1 Å². The molecule has 1 unspecified atom stereocenters. The minimum atomic E-state index is -1.41. The molecule has 1 atom stereocenters. The number of nitrogens with zero attached hydrogens (tertiary/aromatic N) is 1. The van der Waals surface area contributed by atoms with E-state index in [4.69, 9.17) is 0 Å². The fourth-order valence-corrected chi connectivity index (χ4v) is 2.53. The number of carbonyl (C=O) groups is 2. The summed E-state index contributed by atoms with van der Waals surface area (Å²) in [5.41, 5.74) is -0.545. The number of fused-ring (bicyclic) bond motifs is 1. The summed E-state index contributed by atoms with van der Waals surface area (Å²) in [6, 6.07) is 0.768. The molecule has 0 saturated carbocycles. The predicted octanol–water partition coefficient (Wildman–Crippen LogP) is 1.26. The summed E-state index contributed by atoms with van der Waals surface area (Å²) in [6.07, 6.45) is -0.550. The van der Waals surface area contributed by atoms with Crippen molar-refractivity contribution >= 4 is 11.9 Å². The number of carboxylic acids is 1. The van der Waals surface area contributed by atoms with Gasteiger partial charge in [0.2, 0.25) is 0 Å². The van der Waals surface area contributed by atoms with E-state index in [2.05, 4.69) is 0 Å². The molecule has 1 heterocycles. The molecule has 0 saturated heterocycles. The van der Waals surface area contributed by atoms with Gasteiger partial charge in [-0.2, -0.15) is 0 Å². The lowest BCUT2D eigenvalue weighted by Gasteiger charge is -2.27. The smallest absolute Gasteiger partial charge is 0.257 e. The van der Waals surface area contributed by atoms with E-state index in [1.807, 2.05) is 13.8 Å². The van der Waals surface area contributed by atoms with E-state index >= 15 is 0 Å². The van der Waals surface area contributed by atoms with Crippen molar-refractivity contribution in [3.63, 3.8) is 0 Å². The molecule has 6 heteroatoms. The highest BCUT2D eigenvalue weighted by Crippen LogP contribution is 2.39. The fourth-order valence-electron chi connectivity index (χ4n) is 2.53. The van der Waals surface area contributed by atoms with Crippen molar-refractivity contribution in [1.82, 2.24) is 4.90 Å². The van der Waals surface area contributed by atoms with E-state index in [0.29, 0.717) is 0 Å². The molecule has 0 aliphatic carbocycles. The lowest BCUT2D eigenvalue weighted by Crippen LogP contribution is -2.35. The van der Waals surface area contributed by atoms with E-state index in [-0.39, 0.29) is 23.6 Å². The lowest BCUT2D eigenvalue weighted by atomic mass is 10.0. The molecule has 2 rings (SSSR count). The standard InChI is InChI=1S/C14H15F2NO3/c1-7(2)6-17-10(5-11(18)19)12-8(15)3-4-9(16)13(12)14(17)20/h3-4,7,10H,5-6H2,1-2H3,(H,18,19)/p-1. The van der Waals surface area contributed by atoms with Crippen LogP contribution in [0.25, 0.3) is 0 Å². The summed E-state index contributed by atoms with van der Waals surface area (Å²) >= 11 is 0.